The van der Waals surface area contributed by atoms with Crippen LogP contribution in [0.5, 0.6) is 0 Å². The van der Waals surface area contributed by atoms with E-state index in [1.165, 1.54) is 0 Å². The van der Waals surface area contributed by atoms with Crippen molar-refractivity contribution in [3.63, 3.8) is 0 Å². The van der Waals surface area contributed by atoms with E-state index in [9.17, 15) is 9.59 Å². The third-order valence-corrected chi connectivity index (χ3v) is 4.59. The topological polar surface area (TPSA) is 75.4 Å². The first-order valence-corrected chi connectivity index (χ1v) is 7.39. The Kier molecular flexibility index (Phi) is 4.80. The molecule has 2 fully saturated rings. The maximum atomic E-state index is 12.3. The van der Waals surface area contributed by atoms with Crippen LogP contribution in [0.4, 0.5) is 0 Å². The number of rotatable bonds is 4. The van der Waals surface area contributed by atoms with Crippen LogP contribution in [0.15, 0.2) is 0 Å². The molecule has 108 valence electrons. The molecule has 0 aromatic rings. The van der Waals surface area contributed by atoms with E-state index in [1.807, 2.05) is 0 Å². The molecular formula is C14H25N3O2. The van der Waals surface area contributed by atoms with E-state index in [0.717, 1.165) is 38.8 Å². The van der Waals surface area contributed by atoms with Gasteiger partial charge in [-0.1, -0.05) is 6.92 Å². The summed E-state index contributed by atoms with van der Waals surface area (Å²) in [5, 5.41) is 3.34. The first-order chi connectivity index (χ1) is 9.09. The van der Waals surface area contributed by atoms with Crippen LogP contribution in [0, 0.1) is 11.8 Å². The fraction of sp³-hybridized carbons (Fsp3) is 0.857. The summed E-state index contributed by atoms with van der Waals surface area (Å²) in [5.41, 5.74) is 5.36. The maximum absolute atomic E-state index is 12.3. The van der Waals surface area contributed by atoms with Crippen LogP contribution in [0.1, 0.15) is 39.0 Å². The van der Waals surface area contributed by atoms with Crippen molar-refractivity contribution in [3.8, 4) is 0 Å². The number of likely N-dealkylation sites (tertiary alicyclic amines) is 1. The quantitative estimate of drug-likeness (QED) is 0.778. The van der Waals surface area contributed by atoms with Crippen LogP contribution in [-0.2, 0) is 9.59 Å². The number of hydrogen-bond donors (Lipinski definition) is 2. The van der Waals surface area contributed by atoms with E-state index in [4.69, 9.17) is 5.73 Å². The number of nitrogens with zero attached hydrogens (tertiary/aromatic N) is 1. The Hall–Kier alpha value is -1.10. The molecule has 0 saturated carbocycles. The Morgan fingerprint density at radius 3 is 2.63 bits per heavy atom. The number of primary amides is 1. The highest BCUT2D eigenvalue weighted by Crippen LogP contribution is 2.26. The summed E-state index contributed by atoms with van der Waals surface area (Å²) in [6.07, 6.45) is 4.46. The summed E-state index contributed by atoms with van der Waals surface area (Å²) in [5.74, 6) is 0.760. The lowest BCUT2D eigenvalue weighted by Crippen LogP contribution is -2.44. The van der Waals surface area contributed by atoms with Gasteiger partial charge in [0.15, 0.2) is 0 Å². The number of hydrogen-bond acceptors (Lipinski definition) is 3. The SMILES string of the molecule is CC(CC(=O)N1CCCC1C(N)=O)C1CCNCC1. The van der Waals surface area contributed by atoms with Crippen molar-refractivity contribution >= 4 is 11.8 Å². The molecule has 3 N–H and O–H groups in total. The van der Waals surface area contributed by atoms with E-state index in [2.05, 4.69) is 12.2 Å². The van der Waals surface area contributed by atoms with Gasteiger partial charge in [0, 0.05) is 13.0 Å². The van der Waals surface area contributed by atoms with Crippen LogP contribution < -0.4 is 11.1 Å². The number of piperidine rings is 1. The second-order valence-electron chi connectivity index (χ2n) is 5.92. The van der Waals surface area contributed by atoms with Crippen molar-refractivity contribution in [3.05, 3.63) is 0 Å². The number of nitrogens with one attached hydrogen (secondary N) is 1. The predicted molar refractivity (Wildman–Crippen MR) is 73.3 cm³/mol. The van der Waals surface area contributed by atoms with Crippen LogP contribution in [0.2, 0.25) is 0 Å². The second kappa shape index (κ2) is 6.37. The third-order valence-electron chi connectivity index (χ3n) is 4.59. The molecule has 0 radical (unpaired) electrons. The number of nitrogens with two attached hydrogens (primary N) is 1. The summed E-state index contributed by atoms with van der Waals surface area (Å²) in [4.78, 5) is 25.3. The van der Waals surface area contributed by atoms with Crippen LogP contribution in [0.3, 0.4) is 0 Å². The minimum absolute atomic E-state index is 0.104. The molecule has 5 nitrogen and oxygen atoms in total. The smallest absolute Gasteiger partial charge is 0.240 e. The Morgan fingerprint density at radius 2 is 2.00 bits per heavy atom. The molecule has 0 bridgehead atoms. The van der Waals surface area contributed by atoms with Crippen molar-refractivity contribution in [2.45, 2.75) is 45.1 Å². The molecule has 2 saturated heterocycles. The van der Waals surface area contributed by atoms with Gasteiger partial charge in [-0.3, -0.25) is 9.59 Å². The average Bonchev–Trinajstić information content (AvgIpc) is 2.89. The zero-order valence-electron chi connectivity index (χ0n) is 11.7. The molecule has 0 aromatic carbocycles. The summed E-state index contributed by atoms with van der Waals surface area (Å²) < 4.78 is 0. The van der Waals surface area contributed by atoms with Crippen LogP contribution in [-0.4, -0.2) is 42.4 Å². The number of carbonyl (C=O) groups excluding carboxylic acids is 2. The highest BCUT2D eigenvalue weighted by atomic mass is 16.2. The van der Waals surface area contributed by atoms with Crippen LogP contribution in [0.25, 0.3) is 0 Å². The van der Waals surface area contributed by atoms with E-state index in [1.54, 1.807) is 4.90 Å². The molecular weight excluding hydrogens is 242 g/mol. The van der Waals surface area contributed by atoms with Crippen molar-refractivity contribution in [2.24, 2.45) is 17.6 Å². The van der Waals surface area contributed by atoms with Gasteiger partial charge in [-0.2, -0.15) is 0 Å². The van der Waals surface area contributed by atoms with Gasteiger partial charge in [-0.05, 0) is 50.6 Å². The number of carbonyl (C=O) groups is 2. The van der Waals surface area contributed by atoms with Gasteiger partial charge >= 0.3 is 0 Å². The van der Waals surface area contributed by atoms with Crippen molar-refractivity contribution < 1.29 is 9.59 Å². The van der Waals surface area contributed by atoms with E-state index in [0.29, 0.717) is 24.8 Å². The van der Waals surface area contributed by atoms with E-state index >= 15 is 0 Å². The second-order valence-corrected chi connectivity index (χ2v) is 5.92. The first kappa shape index (κ1) is 14.3. The Labute approximate surface area is 114 Å². The van der Waals surface area contributed by atoms with Gasteiger partial charge in [-0.15, -0.1) is 0 Å². The van der Waals surface area contributed by atoms with Crippen molar-refractivity contribution in [2.75, 3.05) is 19.6 Å². The summed E-state index contributed by atoms with van der Waals surface area (Å²) in [6, 6.07) is -0.368. The van der Waals surface area contributed by atoms with E-state index in [-0.39, 0.29) is 17.9 Å². The monoisotopic (exact) mass is 267 g/mol. The fourth-order valence-electron chi connectivity index (χ4n) is 3.33. The zero-order valence-corrected chi connectivity index (χ0v) is 11.7. The first-order valence-electron chi connectivity index (χ1n) is 7.39. The van der Waals surface area contributed by atoms with Gasteiger partial charge in [-0.25, -0.2) is 0 Å². The van der Waals surface area contributed by atoms with Gasteiger partial charge in [0.05, 0.1) is 0 Å². The molecule has 0 aliphatic carbocycles. The molecule has 0 spiro atoms. The molecule has 2 rings (SSSR count). The Bertz CT molecular complexity index is 340. The number of amides is 2. The Balaban J connectivity index is 1.87. The molecule has 2 atom stereocenters. The predicted octanol–water partition coefficient (Wildman–Crippen LogP) is 0.489. The fourth-order valence-corrected chi connectivity index (χ4v) is 3.33. The minimum Gasteiger partial charge on any atom is -0.368 e. The molecule has 2 aliphatic heterocycles. The lowest BCUT2D eigenvalue weighted by molar-refractivity contribution is -0.138. The molecule has 2 unspecified atom stereocenters. The van der Waals surface area contributed by atoms with Gasteiger partial charge < -0.3 is 16.0 Å². The molecule has 5 heteroatoms. The standard InChI is InChI=1S/C14H25N3O2/c1-10(11-4-6-16-7-5-11)9-13(18)17-8-2-3-12(17)14(15)19/h10-12,16H,2-9H2,1H3,(H2,15,19). The largest absolute Gasteiger partial charge is 0.368 e. The lowest BCUT2D eigenvalue weighted by Gasteiger charge is -2.30. The van der Waals surface area contributed by atoms with Crippen molar-refractivity contribution in [1.82, 2.24) is 10.2 Å². The van der Waals surface area contributed by atoms with Crippen LogP contribution >= 0.6 is 0 Å². The Morgan fingerprint density at radius 1 is 1.32 bits per heavy atom. The highest BCUT2D eigenvalue weighted by molar-refractivity contribution is 5.87. The van der Waals surface area contributed by atoms with Gasteiger partial charge in [0.1, 0.15) is 6.04 Å². The highest BCUT2D eigenvalue weighted by Gasteiger charge is 2.33. The normalized spacial score (nSPS) is 26.4. The van der Waals surface area contributed by atoms with Gasteiger partial charge in [0.25, 0.3) is 0 Å². The maximum Gasteiger partial charge on any atom is 0.240 e. The molecule has 0 aromatic heterocycles. The van der Waals surface area contributed by atoms with Crippen molar-refractivity contribution in [1.29, 1.82) is 0 Å². The third kappa shape index (κ3) is 3.47. The lowest BCUT2D eigenvalue weighted by atomic mass is 9.84. The van der Waals surface area contributed by atoms with Gasteiger partial charge in [0.2, 0.25) is 11.8 Å². The molecule has 2 heterocycles. The summed E-state index contributed by atoms with van der Waals surface area (Å²) in [6.45, 7) is 4.95. The zero-order chi connectivity index (χ0) is 13.8. The molecule has 19 heavy (non-hydrogen) atoms. The summed E-state index contributed by atoms with van der Waals surface area (Å²) >= 11 is 0. The van der Waals surface area contributed by atoms with E-state index < -0.39 is 0 Å². The minimum atomic E-state index is -0.368. The summed E-state index contributed by atoms with van der Waals surface area (Å²) in [7, 11) is 0. The average molecular weight is 267 g/mol. The molecule has 2 amide bonds. The molecule has 2 aliphatic rings.